The highest BCUT2D eigenvalue weighted by molar-refractivity contribution is 6.32. The molecule has 0 aromatic heterocycles. The monoisotopic (exact) mass is 556 g/mol. The van der Waals surface area contributed by atoms with E-state index in [-0.39, 0.29) is 36.9 Å². The van der Waals surface area contributed by atoms with Crippen LogP contribution in [0.2, 0.25) is 5.02 Å². The third-order valence-electron chi connectivity index (χ3n) is 6.71. The molecule has 2 aromatic rings. The van der Waals surface area contributed by atoms with Crippen LogP contribution >= 0.6 is 11.6 Å². The van der Waals surface area contributed by atoms with Gasteiger partial charge in [-0.3, -0.25) is 14.4 Å². The van der Waals surface area contributed by atoms with Crippen LogP contribution in [0.3, 0.4) is 0 Å². The number of nitrogens with zero attached hydrogens (tertiary/aromatic N) is 2. The summed E-state index contributed by atoms with van der Waals surface area (Å²) < 4.78 is 11.3. The summed E-state index contributed by atoms with van der Waals surface area (Å²) in [5.74, 6) is 0.551. The minimum Gasteiger partial charge on any atom is -0.490 e. The minimum atomic E-state index is -0.738. The summed E-state index contributed by atoms with van der Waals surface area (Å²) in [6.45, 7) is 2.93. The van der Waals surface area contributed by atoms with Crippen LogP contribution in [0.15, 0.2) is 47.6 Å². The van der Waals surface area contributed by atoms with Crippen LogP contribution in [0, 0.1) is 0 Å². The fourth-order valence-electron chi connectivity index (χ4n) is 4.47. The number of rotatable bonds is 11. The molecule has 1 saturated heterocycles. The highest BCUT2D eigenvalue weighted by Crippen LogP contribution is 2.27. The molecular formula is C28H33ClN4O6. The van der Waals surface area contributed by atoms with Gasteiger partial charge in [-0.1, -0.05) is 23.7 Å². The van der Waals surface area contributed by atoms with Gasteiger partial charge in [-0.2, -0.15) is 5.10 Å². The number of hydrazone groups is 1. The zero-order valence-electron chi connectivity index (χ0n) is 21.8. The van der Waals surface area contributed by atoms with Gasteiger partial charge in [-0.25, -0.2) is 5.43 Å². The van der Waals surface area contributed by atoms with Gasteiger partial charge in [0.05, 0.1) is 16.3 Å². The maximum Gasteiger partial charge on any atom is 0.260 e. The molecule has 4 rings (SSSR count). The van der Waals surface area contributed by atoms with Crippen molar-refractivity contribution in [2.45, 2.75) is 44.8 Å². The standard InChI is InChI=1S/C28H33ClN4O6/c1-18(34)22-4-2-3-5-25(22)38-16-21(35)15-30-20-10-12-33(13-11-20)28(37)17-39-26-8-6-19(14-23(26)29)24-7-9-27(36)32-31-24/h2-6,8,14,20-21,30,35H,7,9-13,15-17H2,1H3,(H,32,36). The number of Topliss-reactive ketones (excluding diaryl/α,β-unsaturated/α-hetero) is 1. The van der Waals surface area contributed by atoms with E-state index in [0.29, 0.717) is 54.6 Å². The van der Waals surface area contributed by atoms with Crippen LogP contribution < -0.4 is 20.2 Å². The summed E-state index contributed by atoms with van der Waals surface area (Å²) in [6, 6.07) is 12.4. The summed E-state index contributed by atoms with van der Waals surface area (Å²) >= 11 is 6.36. The number of carbonyl (C=O) groups excluding carboxylic acids is 3. The Labute approximate surface area is 232 Å². The molecule has 10 nitrogen and oxygen atoms in total. The molecule has 2 heterocycles. The Bertz CT molecular complexity index is 1230. The van der Waals surface area contributed by atoms with E-state index in [1.54, 1.807) is 47.4 Å². The number of hydrogen-bond acceptors (Lipinski definition) is 8. The number of hydrogen-bond donors (Lipinski definition) is 3. The van der Waals surface area contributed by atoms with Crippen LogP contribution in [0.25, 0.3) is 0 Å². The number of para-hydroxylation sites is 1. The molecule has 0 bridgehead atoms. The van der Waals surface area contributed by atoms with Gasteiger partial charge in [0.2, 0.25) is 5.91 Å². The van der Waals surface area contributed by atoms with Crippen LogP contribution in [-0.4, -0.2) is 78.3 Å². The Balaban J connectivity index is 1.16. The van der Waals surface area contributed by atoms with Crippen LogP contribution in [0.4, 0.5) is 0 Å². The number of halogens is 1. The molecule has 11 heteroatoms. The highest BCUT2D eigenvalue weighted by atomic mass is 35.5. The molecule has 2 aliphatic rings. The predicted molar refractivity (Wildman–Crippen MR) is 146 cm³/mol. The average Bonchev–Trinajstić information content (AvgIpc) is 2.95. The largest absolute Gasteiger partial charge is 0.490 e. The molecule has 208 valence electrons. The number of likely N-dealkylation sites (tertiary alicyclic amines) is 1. The smallest absolute Gasteiger partial charge is 0.260 e. The Hall–Kier alpha value is -3.47. The van der Waals surface area contributed by atoms with Crippen molar-refractivity contribution in [3.8, 4) is 11.5 Å². The van der Waals surface area contributed by atoms with E-state index in [2.05, 4.69) is 15.8 Å². The van der Waals surface area contributed by atoms with E-state index in [1.807, 2.05) is 0 Å². The van der Waals surface area contributed by atoms with E-state index in [0.717, 1.165) is 24.1 Å². The third-order valence-corrected chi connectivity index (χ3v) is 7.00. The third kappa shape index (κ3) is 8.01. The normalized spacial score (nSPS) is 16.7. The van der Waals surface area contributed by atoms with Crippen molar-refractivity contribution in [2.24, 2.45) is 5.10 Å². The molecule has 0 spiro atoms. The quantitative estimate of drug-likeness (QED) is 0.363. The van der Waals surface area contributed by atoms with Gasteiger partial charge >= 0.3 is 0 Å². The van der Waals surface area contributed by atoms with Crippen LogP contribution in [0.1, 0.15) is 48.5 Å². The number of amides is 2. The molecule has 2 amide bonds. The van der Waals surface area contributed by atoms with Gasteiger partial charge in [0.25, 0.3) is 5.91 Å². The van der Waals surface area contributed by atoms with Gasteiger partial charge in [0.1, 0.15) is 24.2 Å². The van der Waals surface area contributed by atoms with E-state index in [1.165, 1.54) is 6.92 Å². The van der Waals surface area contributed by atoms with Crippen molar-refractivity contribution >= 4 is 34.9 Å². The lowest BCUT2D eigenvalue weighted by atomic mass is 10.0. The fraction of sp³-hybridized carbons (Fsp3) is 0.429. The SMILES string of the molecule is CC(=O)c1ccccc1OCC(O)CNC1CCN(C(=O)COc2ccc(C3=NNC(=O)CC3)cc2Cl)CC1. The second-order valence-electron chi connectivity index (χ2n) is 9.61. The van der Waals surface area contributed by atoms with Crippen molar-refractivity contribution in [1.82, 2.24) is 15.6 Å². The fourth-order valence-corrected chi connectivity index (χ4v) is 4.71. The van der Waals surface area contributed by atoms with E-state index in [4.69, 9.17) is 21.1 Å². The molecule has 0 aliphatic carbocycles. The lowest BCUT2D eigenvalue weighted by Crippen LogP contribution is -2.48. The first-order valence-electron chi connectivity index (χ1n) is 13.0. The van der Waals surface area contributed by atoms with Crippen LogP contribution in [-0.2, 0) is 9.59 Å². The maximum absolute atomic E-state index is 12.7. The molecule has 1 atom stereocenters. The van der Waals surface area contributed by atoms with Gasteiger partial charge in [0.15, 0.2) is 12.4 Å². The van der Waals surface area contributed by atoms with Crippen molar-refractivity contribution in [2.75, 3.05) is 32.8 Å². The first-order valence-corrected chi connectivity index (χ1v) is 13.4. The number of aliphatic hydroxyl groups excluding tert-OH is 1. The van der Waals surface area contributed by atoms with Crippen molar-refractivity contribution < 1.29 is 29.0 Å². The molecule has 2 aromatic carbocycles. The zero-order valence-corrected chi connectivity index (χ0v) is 22.6. The summed E-state index contributed by atoms with van der Waals surface area (Å²) in [4.78, 5) is 37.5. The lowest BCUT2D eigenvalue weighted by molar-refractivity contribution is -0.134. The molecular weight excluding hydrogens is 524 g/mol. The number of benzene rings is 2. The first-order chi connectivity index (χ1) is 18.8. The summed E-state index contributed by atoms with van der Waals surface area (Å²) in [7, 11) is 0. The van der Waals surface area contributed by atoms with E-state index < -0.39 is 6.10 Å². The Kier molecular flexibility index (Phi) is 9.91. The van der Waals surface area contributed by atoms with Gasteiger partial charge in [0, 0.05) is 38.5 Å². The number of aliphatic hydroxyl groups is 1. The second-order valence-corrected chi connectivity index (χ2v) is 10.0. The second kappa shape index (κ2) is 13.5. The molecule has 39 heavy (non-hydrogen) atoms. The zero-order chi connectivity index (χ0) is 27.8. The van der Waals surface area contributed by atoms with Gasteiger partial charge in [-0.05, 0) is 55.7 Å². The van der Waals surface area contributed by atoms with E-state index >= 15 is 0 Å². The topological polar surface area (TPSA) is 130 Å². The average molecular weight is 557 g/mol. The summed E-state index contributed by atoms with van der Waals surface area (Å²) in [6.07, 6.45) is 1.68. The number of piperidine rings is 1. The molecule has 1 fully saturated rings. The molecule has 2 aliphatic heterocycles. The van der Waals surface area contributed by atoms with Crippen LogP contribution in [0.5, 0.6) is 11.5 Å². The minimum absolute atomic E-state index is 0.0696. The first kappa shape index (κ1) is 28.5. The molecule has 0 radical (unpaired) electrons. The molecule has 3 N–H and O–H groups in total. The number of ether oxygens (including phenoxy) is 2. The summed E-state index contributed by atoms with van der Waals surface area (Å²) in [5, 5.41) is 18.1. The Morgan fingerprint density at radius 3 is 2.62 bits per heavy atom. The number of nitrogens with one attached hydrogen (secondary N) is 2. The lowest BCUT2D eigenvalue weighted by Gasteiger charge is -2.33. The Morgan fingerprint density at radius 2 is 1.92 bits per heavy atom. The predicted octanol–water partition coefficient (Wildman–Crippen LogP) is 2.56. The van der Waals surface area contributed by atoms with Crippen molar-refractivity contribution in [3.63, 3.8) is 0 Å². The number of ketones is 1. The van der Waals surface area contributed by atoms with Gasteiger partial charge < -0.3 is 24.8 Å². The van der Waals surface area contributed by atoms with E-state index in [9.17, 15) is 19.5 Å². The van der Waals surface area contributed by atoms with Gasteiger partial charge in [-0.15, -0.1) is 0 Å². The maximum atomic E-state index is 12.7. The highest BCUT2D eigenvalue weighted by Gasteiger charge is 2.24. The Morgan fingerprint density at radius 1 is 1.15 bits per heavy atom. The van der Waals surface area contributed by atoms with Crippen molar-refractivity contribution in [3.05, 3.63) is 58.6 Å². The van der Waals surface area contributed by atoms with Crippen molar-refractivity contribution in [1.29, 1.82) is 0 Å². The number of carbonyl (C=O) groups is 3. The summed E-state index contributed by atoms with van der Waals surface area (Å²) in [5.41, 5.74) is 4.50. The molecule has 1 unspecified atom stereocenters. The molecule has 0 saturated carbocycles.